The van der Waals surface area contributed by atoms with Gasteiger partial charge in [0.25, 0.3) is 0 Å². The molecule has 10 atom stereocenters. The second-order valence-electron chi connectivity index (χ2n) is 15.3. The van der Waals surface area contributed by atoms with E-state index in [2.05, 4.69) is 31.4 Å². The van der Waals surface area contributed by atoms with Crippen LogP contribution in [-0.2, 0) is 14.3 Å². The average molecular weight is 558 g/mol. The van der Waals surface area contributed by atoms with E-state index in [4.69, 9.17) is 9.47 Å². The highest BCUT2D eigenvalue weighted by Gasteiger charge is 2.67. The molecule has 40 heavy (non-hydrogen) atoms. The molecule has 6 aliphatic rings. The van der Waals surface area contributed by atoms with Crippen molar-refractivity contribution in [3.8, 4) is 0 Å². The van der Waals surface area contributed by atoms with Gasteiger partial charge in [0.2, 0.25) is 0 Å². The molecule has 0 unspecified atom stereocenters. The lowest BCUT2D eigenvalue weighted by molar-refractivity contribution is -0.948. The van der Waals surface area contributed by atoms with Crippen molar-refractivity contribution in [1.82, 2.24) is 4.90 Å². The summed E-state index contributed by atoms with van der Waals surface area (Å²) in [5.41, 5.74) is 0.328. The first-order valence-corrected chi connectivity index (χ1v) is 16.9. The van der Waals surface area contributed by atoms with E-state index in [1.165, 1.54) is 64.5 Å². The van der Waals surface area contributed by atoms with E-state index < -0.39 is 0 Å². The summed E-state index contributed by atoms with van der Waals surface area (Å²) in [5, 5.41) is 11.3. The Balaban J connectivity index is 1.31. The molecule has 6 nitrogen and oxygen atoms in total. The van der Waals surface area contributed by atoms with Crippen molar-refractivity contribution in [2.24, 2.45) is 34.5 Å². The van der Waals surface area contributed by atoms with E-state index in [9.17, 15) is 9.90 Å². The van der Waals surface area contributed by atoms with E-state index in [1.807, 2.05) is 0 Å². The van der Waals surface area contributed by atoms with Crippen LogP contribution in [-0.4, -0.2) is 90.7 Å². The van der Waals surface area contributed by atoms with Crippen molar-refractivity contribution in [1.29, 1.82) is 0 Å². The number of quaternary nitrogens is 1. The molecule has 0 amide bonds. The zero-order valence-electron chi connectivity index (χ0n) is 25.7. The number of fused-ring (bicyclic) bond motifs is 5. The van der Waals surface area contributed by atoms with Crippen LogP contribution in [0.25, 0.3) is 0 Å². The maximum atomic E-state index is 12.6. The third kappa shape index (κ3) is 4.81. The smallest absolute Gasteiger partial charge is 0.303 e. The van der Waals surface area contributed by atoms with Gasteiger partial charge in [-0.05, 0) is 99.4 Å². The molecule has 0 aromatic heterocycles. The molecule has 2 saturated heterocycles. The third-order valence-electron chi connectivity index (χ3n) is 13.6. The first-order chi connectivity index (χ1) is 19.2. The van der Waals surface area contributed by atoms with Gasteiger partial charge in [0, 0.05) is 37.9 Å². The lowest BCUT2D eigenvalue weighted by Gasteiger charge is -2.62. The van der Waals surface area contributed by atoms with Crippen LogP contribution < -0.4 is 0 Å². The van der Waals surface area contributed by atoms with Crippen molar-refractivity contribution in [3.05, 3.63) is 12.7 Å². The van der Waals surface area contributed by atoms with Crippen molar-refractivity contribution >= 4 is 5.97 Å². The molecule has 4 saturated carbocycles. The fourth-order valence-electron chi connectivity index (χ4n) is 11.7. The van der Waals surface area contributed by atoms with Crippen molar-refractivity contribution < 1.29 is 23.9 Å². The second-order valence-corrected chi connectivity index (χ2v) is 15.3. The summed E-state index contributed by atoms with van der Waals surface area (Å²) in [6, 6.07) is 0.648. The fourth-order valence-corrected chi connectivity index (χ4v) is 11.7. The molecular weight excluding hydrogens is 500 g/mol. The van der Waals surface area contributed by atoms with Crippen LogP contribution in [0.4, 0.5) is 0 Å². The van der Waals surface area contributed by atoms with Crippen LogP contribution in [0.1, 0.15) is 91.4 Å². The largest absolute Gasteiger partial charge is 0.456 e. The normalized spacial score (nSPS) is 47.3. The highest BCUT2D eigenvalue weighted by atomic mass is 16.5. The van der Waals surface area contributed by atoms with E-state index in [-0.39, 0.29) is 35.0 Å². The summed E-state index contributed by atoms with van der Waals surface area (Å²) in [7, 11) is 0. The molecule has 1 N–H and O–H groups in total. The highest BCUT2D eigenvalue weighted by molar-refractivity contribution is 5.66. The Hall–Kier alpha value is -0.950. The molecule has 2 heterocycles. The van der Waals surface area contributed by atoms with Crippen molar-refractivity contribution in [2.75, 3.05) is 45.9 Å². The van der Waals surface area contributed by atoms with E-state index in [0.29, 0.717) is 29.7 Å². The Morgan fingerprint density at radius 1 is 1.05 bits per heavy atom. The molecule has 6 fully saturated rings. The minimum Gasteiger partial charge on any atom is -0.456 e. The zero-order chi connectivity index (χ0) is 28.1. The Labute approximate surface area is 243 Å². The summed E-state index contributed by atoms with van der Waals surface area (Å²) in [6.45, 7) is 17.8. The Kier molecular flexibility index (Phi) is 8.22. The van der Waals surface area contributed by atoms with E-state index in [0.717, 1.165) is 56.6 Å². The fraction of sp³-hybridized carbons (Fsp3) is 0.912. The maximum Gasteiger partial charge on any atom is 0.303 e. The Bertz CT molecular complexity index is 927. The number of nitrogens with zero attached hydrogens (tertiary/aromatic N) is 2. The maximum absolute atomic E-state index is 12.6. The number of ether oxygens (including phenoxy) is 2. The van der Waals surface area contributed by atoms with E-state index >= 15 is 0 Å². The highest BCUT2D eigenvalue weighted by Crippen LogP contribution is 2.67. The quantitative estimate of drug-likeness (QED) is 0.287. The van der Waals surface area contributed by atoms with E-state index in [1.54, 1.807) is 6.92 Å². The SMILES string of the molecule is C=CC[N+]1([C@H]2C[C@H]3[C@@H]4CC[C@H]5C[C@H](O)[C@@H](N6CCOCC6)C[C@]5(C)[C@H]4CC[C@]3(C)[C@H]2OC(C)=O)CCCCCC1. The average Bonchev–Trinajstić information content (AvgIpc) is 3.06. The molecule has 6 rings (SSSR count). The lowest BCUT2D eigenvalue weighted by Crippen LogP contribution is -2.62. The third-order valence-corrected chi connectivity index (χ3v) is 13.6. The number of hydrogen-bond donors (Lipinski definition) is 1. The van der Waals surface area contributed by atoms with Crippen LogP contribution in [0.2, 0.25) is 0 Å². The monoisotopic (exact) mass is 557 g/mol. The number of hydrogen-bond acceptors (Lipinski definition) is 5. The second kappa shape index (κ2) is 11.3. The van der Waals surface area contributed by atoms with Gasteiger partial charge in [-0.3, -0.25) is 9.69 Å². The molecule has 0 radical (unpaired) electrons. The first kappa shape index (κ1) is 29.1. The number of aliphatic hydroxyl groups is 1. The molecule has 0 aromatic carbocycles. The standard InChI is InChI=1S/C34H57N2O4/c1-5-16-36(17-8-6-7-9-18-36)30-22-28-26-11-10-25-21-31(38)29(35-14-19-39-20-15-35)23-34(25,4)27(26)12-13-33(28,3)32(30)40-24(2)37/h5,25-32,38H,1,6-23H2,2-4H3/q+1/t25-,26+,27-,28-,29-,30-,31-,32-,33-,34-/m0/s1. The molecule has 2 aliphatic heterocycles. The summed E-state index contributed by atoms with van der Waals surface area (Å²) >= 11 is 0. The minimum atomic E-state index is -0.211. The number of carbonyl (C=O) groups excluding carboxylic acids is 1. The van der Waals surface area contributed by atoms with Crippen LogP contribution in [0.5, 0.6) is 0 Å². The van der Waals surface area contributed by atoms with Gasteiger partial charge in [0.15, 0.2) is 6.10 Å². The number of morpholine rings is 1. The Morgan fingerprint density at radius 2 is 1.77 bits per heavy atom. The van der Waals surface area contributed by atoms with Gasteiger partial charge in [-0.15, -0.1) is 0 Å². The first-order valence-electron chi connectivity index (χ1n) is 16.9. The van der Waals surface area contributed by atoms with Crippen LogP contribution >= 0.6 is 0 Å². The number of aliphatic hydroxyl groups excluding tert-OH is 1. The molecule has 6 heteroatoms. The molecular formula is C34H57N2O4+. The molecule has 0 spiro atoms. The molecule has 0 aromatic rings. The summed E-state index contributed by atoms with van der Waals surface area (Å²) in [4.78, 5) is 15.2. The molecule has 4 aliphatic carbocycles. The van der Waals surface area contributed by atoms with Crippen molar-refractivity contribution in [3.63, 3.8) is 0 Å². The van der Waals surface area contributed by atoms with Gasteiger partial charge in [0.1, 0.15) is 6.04 Å². The molecule has 226 valence electrons. The summed E-state index contributed by atoms with van der Waals surface area (Å²) in [6.07, 6.45) is 15.3. The molecule has 0 bridgehead atoms. The topological polar surface area (TPSA) is 59.0 Å². The van der Waals surface area contributed by atoms with Crippen LogP contribution in [0, 0.1) is 34.5 Å². The number of carbonyl (C=O) groups is 1. The van der Waals surface area contributed by atoms with Gasteiger partial charge in [-0.2, -0.15) is 0 Å². The Morgan fingerprint density at radius 3 is 2.45 bits per heavy atom. The summed E-state index contributed by atoms with van der Waals surface area (Å²) in [5.74, 6) is 2.52. The minimum absolute atomic E-state index is 0.00815. The van der Waals surface area contributed by atoms with Crippen LogP contribution in [0.15, 0.2) is 12.7 Å². The number of rotatable bonds is 5. The number of esters is 1. The van der Waals surface area contributed by atoms with Gasteiger partial charge in [0.05, 0.1) is 39.0 Å². The number of likely N-dealkylation sites (tertiary alicyclic amines) is 1. The van der Waals surface area contributed by atoms with Gasteiger partial charge >= 0.3 is 5.97 Å². The predicted octanol–water partition coefficient (Wildman–Crippen LogP) is 5.19. The summed E-state index contributed by atoms with van der Waals surface area (Å²) < 4.78 is 13.2. The van der Waals surface area contributed by atoms with Gasteiger partial charge in [-0.25, -0.2) is 0 Å². The van der Waals surface area contributed by atoms with Gasteiger partial charge < -0.3 is 19.1 Å². The van der Waals surface area contributed by atoms with Crippen molar-refractivity contribution in [2.45, 2.75) is 116 Å². The zero-order valence-corrected chi connectivity index (χ0v) is 25.7. The lowest BCUT2D eigenvalue weighted by atomic mass is 9.44. The predicted molar refractivity (Wildman–Crippen MR) is 158 cm³/mol. The van der Waals surface area contributed by atoms with Gasteiger partial charge in [-0.1, -0.05) is 20.4 Å². The van der Waals surface area contributed by atoms with Crippen LogP contribution in [0.3, 0.4) is 0 Å².